The molecule has 0 saturated carbocycles. The molecular formula is C30H60N2O3. The molecule has 208 valence electrons. The molecule has 0 heterocycles. The summed E-state index contributed by atoms with van der Waals surface area (Å²) in [4.78, 5) is 25.8. The predicted molar refractivity (Wildman–Crippen MR) is 149 cm³/mol. The largest absolute Gasteiger partial charge is 0.375 e. The third kappa shape index (κ3) is 13.1. The molecule has 5 heteroatoms. The van der Waals surface area contributed by atoms with Crippen molar-refractivity contribution < 1.29 is 14.3 Å². The van der Waals surface area contributed by atoms with Crippen molar-refractivity contribution in [3.8, 4) is 0 Å². The standard InChI is InChI=1S/C30H60N2O3/c1-15-25(3,4)21-28(9,10)23(33)31-19-17-30(13,14)35-20-18-27(7,8)24(34)32-29(11,12)22-26(5,6)16-2/h15-22H2,1-14H3,(H,31,33)(H,32,34). The van der Waals surface area contributed by atoms with Gasteiger partial charge in [-0.15, -0.1) is 0 Å². The van der Waals surface area contributed by atoms with Crippen molar-refractivity contribution in [2.24, 2.45) is 21.7 Å². The number of amides is 2. The van der Waals surface area contributed by atoms with Gasteiger partial charge in [0.1, 0.15) is 0 Å². The molecule has 5 nitrogen and oxygen atoms in total. The molecule has 0 atom stereocenters. The van der Waals surface area contributed by atoms with E-state index in [1.807, 2.05) is 41.5 Å². The van der Waals surface area contributed by atoms with Crippen LogP contribution in [0.5, 0.6) is 0 Å². The fourth-order valence-corrected chi connectivity index (χ4v) is 4.73. The van der Waals surface area contributed by atoms with Crippen LogP contribution in [0, 0.1) is 21.7 Å². The Balaban J connectivity index is 4.68. The van der Waals surface area contributed by atoms with Crippen molar-refractivity contribution in [2.75, 3.05) is 13.2 Å². The van der Waals surface area contributed by atoms with Gasteiger partial charge in [-0.05, 0) is 64.2 Å². The van der Waals surface area contributed by atoms with Gasteiger partial charge in [0.25, 0.3) is 0 Å². The van der Waals surface area contributed by atoms with E-state index in [-0.39, 0.29) is 33.8 Å². The van der Waals surface area contributed by atoms with Gasteiger partial charge in [0.05, 0.1) is 5.60 Å². The Hall–Kier alpha value is -1.10. The number of ether oxygens (including phenoxy) is 1. The van der Waals surface area contributed by atoms with Crippen molar-refractivity contribution in [3.05, 3.63) is 0 Å². The molecular weight excluding hydrogens is 436 g/mol. The third-order valence-corrected chi connectivity index (χ3v) is 7.67. The van der Waals surface area contributed by atoms with Crippen LogP contribution in [0.4, 0.5) is 0 Å². The first-order valence-corrected chi connectivity index (χ1v) is 13.7. The van der Waals surface area contributed by atoms with Crippen LogP contribution in [-0.4, -0.2) is 36.1 Å². The molecule has 0 fully saturated rings. The van der Waals surface area contributed by atoms with E-state index in [1.165, 1.54) is 0 Å². The first-order valence-electron chi connectivity index (χ1n) is 13.7. The number of carbonyl (C=O) groups is 2. The second-order valence-electron chi connectivity index (χ2n) is 14.9. The highest BCUT2D eigenvalue weighted by Crippen LogP contribution is 2.36. The molecule has 0 aliphatic carbocycles. The van der Waals surface area contributed by atoms with Crippen LogP contribution < -0.4 is 10.6 Å². The quantitative estimate of drug-likeness (QED) is 0.236. The van der Waals surface area contributed by atoms with Crippen molar-refractivity contribution in [2.45, 2.75) is 147 Å². The van der Waals surface area contributed by atoms with Crippen LogP contribution in [0.3, 0.4) is 0 Å². The van der Waals surface area contributed by atoms with E-state index < -0.39 is 10.8 Å². The summed E-state index contributed by atoms with van der Waals surface area (Å²) >= 11 is 0. The first-order chi connectivity index (χ1) is 15.5. The molecule has 2 N–H and O–H groups in total. The van der Waals surface area contributed by atoms with E-state index in [0.717, 1.165) is 32.1 Å². The summed E-state index contributed by atoms with van der Waals surface area (Å²) in [7, 11) is 0. The lowest BCUT2D eigenvalue weighted by molar-refractivity contribution is -0.134. The fraction of sp³-hybridized carbons (Fsp3) is 0.933. The van der Waals surface area contributed by atoms with Crippen LogP contribution in [0.2, 0.25) is 0 Å². The molecule has 0 saturated heterocycles. The highest BCUT2D eigenvalue weighted by molar-refractivity contribution is 5.82. The zero-order valence-electron chi connectivity index (χ0n) is 25.9. The molecule has 0 spiro atoms. The van der Waals surface area contributed by atoms with Gasteiger partial charge in [-0.1, -0.05) is 82.1 Å². The summed E-state index contributed by atoms with van der Waals surface area (Å²) < 4.78 is 6.18. The van der Waals surface area contributed by atoms with Crippen LogP contribution in [0.1, 0.15) is 135 Å². The summed E-state index contributed by atoms with van der Waals surface area (Å²) in [5.41, 5.74) is -1.23. The van der Waals surface area contributed by atoms with Gasteiger partial charge in [-0.25, -0.2) is 0 Å². The molecule has 0 unspecified atom stereocenters. The third-order valence-electron chi connectivity index (χ3n) is 7.67. The second kappa shape index (κ2) is 12.4. The van der Waals surface area contributed by atoms with Gasteiger partial charge in [0, 0.05) is 29.5 Å². The van der Waals surface area contributed by atoms with Crippen molar-refractivity contribution in [3.63, 3.8) is 0 Å². The Morgan fingerprint density at radius 3 is 1.63 bits per heavy atom. The molecule has 0 aromatic carbocycles. The molecule has 0 bridgehead atoms. The van der Waals surface area contributed by atoms with E-state index in [2.05, 4.69) is 66.0 Å². The van der Waals surface area contributed by atoms with Gasteiger partial charge >= 0.3 is 0 Å². The number of hydrogen-bond acceptors (Lipinski definition) is 3. The SMILES string of the molecule is CCC(C)(C)CC(C)(C)NC(=O)C(C)(C)CCOC(C)(C)CCNC(=O)C(C)(C)CC(C)(C)CC. The maximum absolute atomic E-state index is 13.1. The summed E-state index contributed by atoms with van der Waals surface area (Å²) in [5, 5.41) is 6.39. The molecule has 0 aliphatic rings. The average Bonchev–Trinajstić information content (AvgIpc) is 2.65. The zero-order chi connectivity index (χ0) is 27.9. The van der Waals surface area contributed by atoms with Gasteiger partial charge in [0.15, 0.2) is 0 Å². The van der Waals surface area contributed by atoms with Crippen LogP contribution >= 0.6 is 0 Å². The van der Waals surface area contributed by atoms with Crippen LogP contribution in [-0.2, 0) is 14.3 Å². The highest BCUT2D eigenvalue weighted by atomic mass is 16.5. The normalized spacial score (nSPS) is 14.1. The molecule has 35 heavy (non-hydrogen) atoms. The Morgan fingerprint density at radius 2 is 1.14 bits per heavy atom. The summed E-state index contributed by atoms with van der Waals surface area (Å²) in [5.74, 6) is 0.168. The summed E-state index contributed by atoms with van der Waals surface area (Å²) in [6.07, 6.45) is 5.27. The average molecular weight is 497 g/mol. The van der Waals surface area contributed by atoms with E-state index in [1.54, 1.807) is 0 Å². The second-order valence-corrected chi connectivity index (χ2v) is 14.9. The monoisotopic (exact) mass is 496 g/mol. The zero-order valence-corrected chi connectivity index (χ0v) is 25.9. The topological polar surface area (TPSA) is 67.4 Å². The van der Waals surface area contributed by atoms with E-state index in [4.69, 9.17) is 4.74 Å². The minimum Gasteiger partial charge on any atom is -0.375 e. The number of carbonyl (C=O) groups excluding carboxylic acids is 2. The van der Waals surface area contributed by atoms with Gasteiger partial charge in [-0.3, -0.25) is 9.59 Å². The minimum atomic E-state index is -0.520. The Kier molecular flexibility index (Phi) is 12.0. The van der Waals surface area contributed by atoms with Crippen LogP contribution in [0.15, 0.2) is 0 Å². The van der Waals surface area contributed by atoms with Crippen LogP contribution in [0.25, 0.3) is 0 Å². The number of nitrogens with one attached hydrogen (secondary N) is 2. The highest BCUT2D eigenvalue weighted by Gasteiger charge is 2.36. The molecule has 0 aliphatic heterocycles. The van der Waals surface area contributed by atoms with E-state index in [9.17, 15) is 9.59 Å². The van der Waals surface area contributed by atoms with Crippen molar-refractivity contribution in [1.29, 1.82) is 0 Å². The molecule has 0 radical (unpaired) electrons. The Bertz CT molecular complexity index is 688. The van der Waals surface area contributed by atoms with Gasteiger partial charge < -0.3 is 15.4 Å². The fourth-order valence-electron chi connectivity index (χ4n) is 4.73. The van der Waals surface area contributed by atoms with Gasteiger partial charge in [-0.2, -0.15) is 0 Å². The molecule has 0 aromatic rings. The smallest absolute Gasteiger partial charge is 0.226 e. The minimum absolute atomic E-state index is 0.0697. The van der Waals surface area contributed by atoms with Crippen molar-refractivity contribution >= 4 is 11.8 Å². The lowest BCUT2D eigenvalue weighted by atomic mass is 9.73. The first kappa shape index (κ1) is 33.9. The lowest BCUT2D eigenvalue weighted by Crippen LogP contribution is -2.51. The van der Waals surface area contributed by atoms with Crippen molar-refractivity contribution in [1.82, 2.24) is 10.6 Å². The van der Waals surface area contributed by atoms with E-state index >= 15 is 0 Å². The Morgan fingerprint density at radius 1 is 0.657 bits per heavy atom. The number of rotatable bonds is 16. The van der Waals surface area contributed by atoms with Gasteiger partial charge in [0.2, 0.25) is 11.8 Å². The number of hydrogen-bond donors (Lipinski definition) is 2. The maximum atomic E-state index is 13.1. The molecule has 0 aromatic heterocycles. The van der Waals surface area contributed by atoms with E-state index in [0.29, 0.717) is 19.6 Å². The molecule has 0 rings (SSSR count). The lowest BCUT2D eigenvalue weighted by Gasteiger charge is -2.38. The summed E-state index contributed by atoms with van der Waals surface area (Å²) in [6.45, 7) is 30.7. The maximum Gasteiger partial charge on any atom is 0.226 e. The Labute approximate surface area is 218 Å². The summed E-state index contributed by atoms with van der Waals surface area (Å²) in [6, 6.07) is 0. The molecule has 2 amide bonds. The predicted octanol–water partition coefficient (Wildman–Crippen LogP) is 7.28.